The highest BCUT2D eigenvalue weighted by atomic mass is 16.6. The van der Waals surface area contributed by atoms with Gasteiger partial charge in [0.1, 0.15) is 12.3 Å². The summed E-state index contributed by atoms with van der Waals surface area (Å²) in [6.45, 7) is 4.33. The molecule has 2 aromatic heterocycles. The Hall–Kier alpha value is -3.62. The lowest BCUT2D eigenvalue weighted by molar-refractivity contribution is 0.0971. The molecule has 4 rings (SSSR count). The van der Waals surface area contributed by atoms with Crippen molar-refractivity contribution in [2.75, 3.05) is 26.2 Å². The largest absolute Gasteiger partial charge is 0.486 e. The molecule has 1 atom stereocenters. The minimum absolute atomic E-state index is 0.131. The zero-order valence-electron chi connectivity index (χ0n) is 16.7. The molecular formula is C21H24N6O3. The van der Waals surface area contributed by atoms with Crippen molar-refractivity contribution in [1.29, 1.82) is 0 Å². The number of para-hydroxylation sites is 2. The first kappa shape index (κ1) is 19.7. The Morgan fingerprint density at radius 2 is 2.00 bits per heavy atom. The fraction of sp³-hybridized carbons (Fsp3) is 0.333. The van der Waals surface area contributed by atoms with Crippen LogP contribution in [0.3, 0.4) is 0 Å². The van der Waals surface area contributed by atoms with Crippen LogP contribution in [0.4, 0.5) is 0 Å². The highest BCUT2D eigenvalue weighted by molar-refractivity contribution is 5.79. The van der Waals surface area contributed by atoms with E-state index in [1.807, 2.05) is 49.4 Å². The zero-order valence-corrected chi connectivity index (χ0v) is 16.7. The lowest BCUT2D eigenvalue weighted by Crippen LogP contribution is -2.40. The average Bonchev–Trinajstić information content (AvgIpc) is 3.27. The molecular weight excluding hydrogens is 384 g/mol. The van der Waals surface area contributed by atoms with E-state index in [1.165, 1.54) is 0 Å². The van der Waals surface area contributed by atoms with Crippen LogP contribution in [0.25, 0.3) is 11.6 Å². The molecule has 1 aliphatic heterocycles. The van der Waals surface area contributed by atoms with Gasteiger partial charge in [-0.2, -0.15) is 4.98 Å². The Kier molecular flexibility index (Phi) is 6.38. The summed E-state index contributed by atoms with van der Waals surface area (Å²) in [6.07, 6.45) is 2.16. The van der Waals surface area contributed by atoms with Gasteiger partial charge in [-0.25, -0.2) is 4.99 Å². The van der Waals surface area contributed by atoms with Crippen LogP contribution in [0.2, 0.25) is 0 Å². The monoisotopic (exact) mass is 408 g/mol. The first-order valence-electron chi connectivity index (χ1n) is 9.96. The molecule has 9 heteroatoms. The maximum atomic E-state index is 5.95. The number of aliphatic imine (C=N–C) groups is 1. The summed E-state index contributed by atoms with van der Waals surface area (Å²) in [7, 11) is 0. The minimum atomic E-state index is -0.131. The number of hydrogen-bond acceptors (Lipinski definition) is 7. The molecule has 0 fully saturated rings. The second-order valence-corrected chi connectivity index (χ2v) is 6.62. The number of benzene rings is 1. The third-order valence-electron chi connectivity index (χ3n) is 4.36. The van der Waals surface area contributed by atoms with Gasteiger partial charge in [0.25, 0.3) is 5.89 Å². The first-order valence-corrected chi connectivity index (χ1v) is 9.96. The van der Waals surface area contributed by atoms with Gasteiger partial charge >= 0.3 is 0 Å². The number of guanidine groups is 1. The third kappa shape index (κ3) is 5.05. The van der Waals surface area contributed by atoms with Crippen molar-refractivity contribution < 1.29 is 14.0 Å². The zero-order chi connectivity index (χ0) is 20.6. The lowest BCUT2D eigenvalue weighted by atomic mass is 10.2. The number of nitrogens with one attached hydrogen (secondary N) is 2. The summed E-state index contributed by atoms with van der Waals surface area (Å²) < 4.78 is 17.0. The van der Waals surface area contributed by atoms with Gasteiger partial charge in [-0.05, 0) is 31.2 Å². The molecule has 2 N–H and O–H groups in total. The van der Waals surface area contributed by atoms with Crippen molar-refractivity contribution in [3.63, 3.8) is 0 Å². The van der Waals surface area contributed by atoms with Gasteiger partial charge < -0.3 is 24.6 Å². The van der Waals surface area contributed by atoms with Gasteiger partial charge in [-0.1, -0.05) is 23.4 Å². The van der Waals surface area contributed by atoms with E-state index in [0.29, 0.717) is 49.5 Å². The summed E-state index contributed by atoms with van der Waals surface area (Å²) in [5.74, 6) is 3.25. The molecule has 0 radical (unpaired) electrons. The van der Waals surface area contributed by atoms with Crippen LogP contribution in [-0.4, -0.2) is 53.4 Å². The van der Waals surface area contributed by atoms with Gasteiger partial charge in [0.05, 0.1) is 6.54 Å². The standard InChI is InChI=1S/C21H24N6O3/c1-2-22-21(25-13-15-14-28-17-8-3-4-9-18(17)29-15)24-12-10-19-26-20(30-27-19)16-7-5-6-11-23-16/h3-9,11,15H,2,10,12-14H2,1H3,(H2,22,24,25). The topological polar surface area (TPSA) is 107 Å². The van der Waals surface area contributed by atoms with Gasteiger partial charge in [0, 0.05) is 25.7 Å². The van der Waals surface area contributed by atoms with Crippen molar-refractivity contribution in [2.45, 2.75) is 19.4 Å². The van der Waals surface area contributed by atoms with E-state index < -0.39 is 0 Å². The number of nitrogens with zero attached hydrogens (tertiary/aromatic N) is 4. The number of fused-ring (bicyclic) bond motifs is 1. The molecule has 0 amide bonds. The van der Waals surface area contributed by atoms with E-state index in [-0.39, 0.29) is 6.10 Å². The van der Waals surface area contributed by atoms with E-state index in [2.05, 4.69) is 30.8 Å². The molecule has 1 unspecified atom stereocenters. The van der Waals surface area contributed by atoms with Crippen molar-refractivity contribution >= 4 is 5.96 Å². The molecule has 0 saturated carbocycles. The second kappa shape index (κ2) is 9.73. The molecule has 0 spiro atoms. The Morgan fingerprint density at radius 1 is 1.13 bits per heavy atom. The van der Waals surface area contributed by atoms with Crippen LogP contribution in [0.5, 0.6) is 11.5 Å². The van der Waals surface area contributed by atoms with E-state index in [9.17, 15) is 0 Å². The number of pyridine rings is 1. The number of hydrogen-bond donors (Lipinski definition) is 2. The minimum Gasteiger partial charge on any atom is -0.486 e. The van der Waals surface area contributed by atoms with Gasteiger partial charge in [-0.3, -0.25) is 4.98 Å². The van der Waals surface area contributed by atoms with Crippen LogP contribution < -0.4 is 20.1 Å². The quantitative estimate of drug-likeness (QED) is 0.452. The number of ether oxygens (including phenoxy) is 2. The second-order valence-electron chi connectivity index (χ2n) is 6.62. The van der Waals surface area contributed by atoms with Gasteiger partial charge in [-0.15, -0.1) is 0 Å². The van der Waals surface area contributed by atoms with Crippen molar-refractivity contribution in [3.05, 3.63) is 54.5 Å². The Morgan fingerprint density at radius 3 is 2.83 bits per heavy atom. The fourth-order valence-electron chi connectivity index (χ4n) is 2.93. The molecule has 0 saturated heterocycles. The van der Waals surface area contributed by atoms with Crippen LogP contribution in [0.15, 0.2) is 58.2 Å². The SMILES string of the molecule is CCNC(=NCC1COc2ccccc2O1)NCCc1noc(-c2ccccn2)n1. The molecule has 3 aromatic rings. The molecule has 30 heavy (non-hydrogen) atoms. The van der Waals surface area contributed by atoms with E-state index in [1.54, 1.807) is 6.20 Å². The third-order valence-corrected chi connectivity index (χ3v) is 4.36. The van der Waals surface area contributed by atoms with Crippen molar-refractivity contribution in [3.8, 4) is 23.1 Å². The molecule has 3 heterocycles. The Balaban J connectivity index is 1.28. The van der Waals surface area contributed by atoms with Gasteiger partial charge in [0.2, 0.25) is 0 Å². The van der Waals surface area contributed by atoms with Crippen molar-refractivity contribution in [2.24, 2.45) is 4.99 Å². The maximum Gasteiger partial charge on any atom is 0.276 e. The van der Waals surface area contributed by atoms with Crippen LogP contribution in [0.1, 0.15) is 12.7 Å². The van der Waals surface area contributed by atoms with Crippen LogP contribution in [-0.2, 0) is 6.42 Å². The highest BCUT2D eigenvalue weighted by Gasteiger charge is 2.20. The number of aromatic nitrogens is 3. The predicted molar refractivity (Wildman–Crippen MR) is 112 cm³/mol. The molecule has 1 aliphatic rings. The predicted octanol–water partition coefficient (Wildman–Crippen LogP) is 2.07. The maximum absolute atomic E-state index is 5.95. The smallest absolute Gasteiger partial charge is 0.276 e. The Labute approximate surface area is 174 Å². The van der Waals surface area contributed by atoms with E-state index in [0.717, 1.165) is 18.0 Å². The van der Waals surface area contributed by atoms with E-state index >= 15 is 0 Å². The Bertz CT molecular complexity index is 976. The van der Waals surface area contributed by atoms with Crippen LogP contribution >= 0.6 is 0 Å². The lowest BCUT2D eigenvalue weighted by Gasteiger charge is -2.25. The molecule has 9 nitrogen and oxygen atoms in total. The summed E-state index contributed by atoms with van der Waals surface area (Å²) in [5.41, 5.74) is 0.662. The van der Waals surface area contributed by atoms with Gasteiger partial charge in [0.15, 0.2) is 29.4 Å². The average molecular weight is 408 g/mol. The normalized spacial score (nSPS) is 15.6. The number of rotatable bonds is 7. The molecule has 1 aromatic carbocycles. The summed E-state index contributed by atoms with van der Waals surface area (Å²) in [4.78, 5) is 13.2. The summed E-state index contributed by atoms with van der Waals surface area (Å²) >= 11 is 0. The summed E-state index contributed by atoms with van der Waals surface area (Å²) in [6, 6.07) is 13.2. The molecule has 156 valence electrons. The first-order chi connectivity index (χ1) is 14.8. The van der Waals surface area contributed by atoms with Crippen molar-refractivity contribution in [1.82, 2.24) is 25.8 Å². The summed E-state index contributed by atoms with van der Waals surface area (Å²) in [5, 5.41) is 10.5. The van der Waals surface area contributed by atoms with Crippen LogP contribution in [0, 0.1) is 0 Å². The molecule has 0 bridgehead atoms. The highest BCUT2D eigenvalue weighted by Crippen LogP contribution is 2.30. The molecule has 0 aliphatic carbocycles. The fourth-order valence-corrected chi connectivity index (χ4v) is 2.93. The van der Waals surface area contributed by atoms with E-state index in [4.69, 9.17) is 14.0 Å².